The molecule has 0 saturated carbocycles. The first-order valence-electron chi connectivity index (χ1n) is 6.06. The number of carbonyl (C=O) groups is 1. The Labute approximate surface area is 122 Å². The zero-order valence-electron chi connectivity index (χ0n) is 11.0. The third-order valence-corrected chi connectivity index (χ3v) is 3.02. The van der Waals surface area contributed by atoms with Crippen molar-refractivity contribution in [3.05, 3.63) is 53.1 Å². The van der Waals surface area contributed by atoms with Crippen molar-refractivity contribution in [3.8, 4) is 5.75 Å². The summed E-state index contributed by atoms with van der Waals surface area (Å²) in [5.41, 5.74) is 7.73. The minimum absolute atomic E-state index is 0.149. The third-order valence-electron chi connectivity index (χ3n) is 2.79. The molecule has 2 aromatic carbocycles. The number of rotatable bonds is 4. The minimum atomic E-state index is -0.149. The Hall–Kier alpha value is -2.20. The molecule has 0 aliphatic rings. The lowest BCUT2D eigenvalue weighted by atomic mass is 10.1. The number of carbonyl (C=O) groups excluding carboxylic acids is 1. The normalized spacial score (nSPS) is 10.1. The first kappa shape index (κ1) is 14.2. The number of methoxy groups -OCH3 is 1. The highest BCUT2D eigenvalue weighted by molar-refractivity contribution is 6.30. The monoisotopic (exact) mass is 290 g/mol. The summed E-state index contributed by atoms with van der Waals surface area (Å²) in [6, 6.07) is 12.3. The van der Waals surface area contributed by atoms with Gasteiger partial charge in [-0.25, -0.2) is 0 Å². The molecular weight excluding hydrogens is 276 g/mol. The highest BCUT2D eigenvalue weighted by Gasteiger charge is 2.07. The Morgan fingerprint density at radius 2 is 2.10 bits per heavy atom. The Morgan fingerprint density at radius 1 is 1.30 bits per heavy atom. The molecule has 0 spiro atoms. The standard InChI is InChI=1S/C15H15ClN2O2/c1-20-12-5-6-14(13(17)9-12)18-15(19)8-10-3-2-4-11(16)7-10/h2-7,9H,8,17H2,1H3,(H,18,19). The number of benzene rings is 2. The fourth-order valence-electron chi connectivity index (χ4n) is 1.81. The fourth-order valence-corrected chi connectivity index (χ4v) is 2.02. The van der Waals surface area contributed by atoms with Crippen LogP contribution in [0.2, 0.25) is 5.02 Å². The molecule has 3 N–H and O–H groups in total. The van der Waals surface area contributed by atoms with Crippen LogP contribution >= 0.6 is 11.6 Å². The number of ether oxygens (including phenoxy) is 1. The number of nitrogens with one attached hydrogen (secondary N) is 1. The summed E-state index contributed by atoms with van der Waals surface area (Å²) < 4.78 is 5.06. The Balaban J connectivity index is 2.05. The molecule has 0 radical (unpaired) electrons. The molecule has 0 atom stereocenters. The maximum atomic E-state index is 12.0. The summed E-state index contributed by atoms with van der Waals surface area (Å²) in [5.74, 6) is 0.500. The lowest BCUT2D eigenvalue weighted by Crippen LogP contribution is -2.15. The van der Waals surface area contributed by atoms with Gasteiger partial charge < -0.3 is 15.8 Å². The summed E-state index contributed by atoms with van der Waals surface area (Å²) in [6.07, 6.45) is 0.242. The summed E-state index contributed by atoms with van der Waals surface area (Å²) in [7, 11) is 1.56. The van der Waals surface area contributed by atoms with Gasteiger partial charge in [0.2, 0.25) is 5.91 Å². The number of nitrogen functional groups attached to an aromatic ring is 1. The van der Waals surface area contributed by atoms with Gasteiger partial charge in [-0.1, -0.05) is 23.7 Å². The maximum Gasteiger partial charge on any atom is 0.228 e. The summed E-state index contributed by atoms with van der Waals surface area (Å²) in [4.78, 5) is 12.0. The lowest BCUT2D eigenvalue weighted by molar-refractivity contribution is -0.115. The van der Waals surface area contributed by atoms with Crippen LogP contribution < -0.4 is 15.8 Å². The van der Waals surface area contributed by atoms with E-state index in [-0.39, 0.29) is 12.3 Å². The maximum absolute atomic E-state index is 12.0. The zero-order chi connectivity index (χ0) is 14.5. The Morgan fingerprint density at radius 3 is 2.75 bits per heavy atom. The second-order valence-electron chi connectivity index (χ2n) is 4.31. The van der Waals surface area contributed by atoms with Crippen molar-refractivity contribution < 1.29 is 9.53 Å². The zero-order valence-corrected chi connectivity index (χ0v) is 11.8. The predicted molar refractivity (Wildman–Crippen MR) is 81.2 cm³/mol. The predicted octanol–water partition coefficient (Wildman–Crippen LogP) is 3.11. The van der Waals surface area contributed by atoms with Crippen molar-refractivity contribution in [1.82, 2.24) is 0 Å². The van der Waals surface area contributed by atoms with Crippen LogP contribution in [0.15, 0.2) is 42.5 Å². The van der Waals surface area contributed by atoms with Crippen molar-refractivity contribution in [3.63, 3.8) is 0 Å². The quantitative estimate of drug-likeness (QED) is 0.850. The number of nitrogens with two attached hydrogens (primary N) is 1. The molecule has 0 saturated heterocycles. The van der Waals surface area contributed by atoms with Crippen molar-refractivity contribution in [2.45, 2.75) is 6.42 Å². The van der Waals surface area contributed by atoms with Crippen molar-refractivity contribution in [1.29, 1.82) is 0 Å². The van der Waals surface area contributed by atoms with Gasteiger partial charge in [-0.05, 0) is 29.8 Å². The van der Waals surface area contributed by atoms with Gasteiger partial charge in [0.15, 0.2) is 0 Å². The molecule has 1 amide bonds. The molecule has 5 heteroatoms. The number of amides is 1. The van der Waals surface area contributed by atoms with Crippen molar-refractivity contribution in [2.24, 2.45) is 0 Å². The number of halogens is 1. The van der Waals surface area contributed by atoms with E-state index in [0.717, 1.165) is 5.56 Å². The van der Waals surface area contributed by atoms with E-state index in [4.69, 9.17) is 22.1 Å². The summed E-state index contributed by atoms with van der Waals surface area (Å²) in [5, 5.41) is 3.38. The SMILES string of the molecule is COc1ccc(NC(=O)Cc2cccc(Cl)c2)c(N)c1. The van der Waals surface area contributed by atoms with E-state index in [1.807, 2.05) is 12.1 Å². The third kappa shape index (κ3) is 3.65. The Kier molecular flexibility index (Phi) is 4.48. The molecule has 0 aromatic heterocycles. The van der Waals surface area contributed by atoms with Gasteiger partial charge in [-0.2, -0.15) is 0 Å². The summed E-state index contributed by atoms with van der Waals surface area (Å²) in [6.45, 7) is 0. The molecule has 0 bridgehead atoms. The molecule has 0 aliphatic carbocycles. The van der Waals surface area contributed by atoms with E-state index in [9.17, 15) is 4.79 Å². The van der Waals surface area contributed by atoms with Gasteiger partial charge in [0.05, 0.1) is 24.9 Å². The van der Waals surface area contributed by atoms with Crippen LogP contribution in [-0.2, 0) is 11.2 Å². The van der Waals surface area contributed by atoms with Crippen LogP contribution in [-0.4, -0.2) is 13.0 Å². The van der Waals surface area contributed by atoms with Gasteiger partial charge >= 0.3 is 0 Å². The van der Waals surface area contributed by atoms with Gasteiger partial charge in [0.25, 0.3) is 0 Å². The average Bonchev–Trinajstić information content (AvgIpc) is 2.41. The summed E-state index contributed by atoms with van der Waals surface area (Å²) >= 11 is 5.88. The molecule has 2 aromatic rings. The van der Waals surface area contributed by atoms with Gasteiger partial charge in [-0.3, -0.25) is 4.79 Å². The van der Waals surface area contributed by atoms with E-state index in [1.165, 1.54) is 0 Å². The molecule has 4 nitrogen and oxygen atoms in total. The first-order chi connectivity index (χ1) is 9.58. The van der Waals surface area contributed by atoms with Crippen LogP contribution in [0.3, 0.4) is 0 Å². The van der Waals surface area contributed by atoms with Gasteiger partial charge in [0, 0.05) is 11.1 Å². The fraction of sp³-hybridized carbons (Fsp3) is 0.133. The number of hydrogen-bond donors (Lipinski definition) is 2. The molecule has 0 aliphatic heterocycles. The molecule has 0 heterocycles. The van der Waals surface area contributed by atoms with Crippen molar-refractivity contribution in [2.75, 3.05) is 18.2 Å². The van der Waals surface area contributed by atoms with Crippen LogP contribution in [0.5, 0.6) is 5.75 Å². The van der Waals surface area contributed by atoms with Crippen LogP contribution in [0, 0.1) is 0 Å². The Bertz CT molecular complexity index is 629. The van der Waals surface area contributed by atoms with E-state index < -0.39 is 0 Å². The van der Waals surface area contributed by atoms with Crippen LogP contribution in [0.1, 0.15) is 5.56 Å². The largest absolute Gasteiger partial charge is 0.497 e. The van der Waals surface area contributed by atoms with Crippen LogP contribution in [0.4, 0.5) is 11.4 Å². The second kappa shape index (κ2) is 6.30. The highest BCUT2D eigenvalue weighted by atomic mass is 35.5. The highest BCUT2D eigenvalue weighted by Crippen LogP contribution is 2.24. The number of anilines is 2. The minimum Gasteiger partial charge on any atom is -0.497 e. The van der Waals surface area contributed by atoms with E-state index in [2.05, 4.69) is 5.32 Å². The van der Waals surface area contributed by atoms with Crippen LogP contribution in [0.25, 0.3) is 0 Å². The van der Waals surface area contributed by atoms with Crippen molar-refractivity contribution >= 4 is 28.9 Å². The van der Waals surface area contributed by atoms with Gasteiger partial charge in [0.1, 0.15) is 5.75 Å². The molecule has 104 valence electrons. The smallest absolute Gasteiger partial charge is 0.228 e. The molecule has 20 heavy (non-hydrogen) atoms. The molecule has 0 fully saturated rings. The molecule has 0 unspecified atom stereocenters. The molecular formula is C15H15ClN2O2. The first-order valence-corrected chi connectivity index (χ1v) is 6.44. The number of hydrogen-bond acceptors (Lipinski definition) is 3. The topological polar surface area (TPSA) is 64.3 Å². The lowest BCUT2D eigenvalue weighted by Gasteiger charge is -2.09. The molecule has 2 rings (SSSR count). The van der Waals surface area contributed by atoms with E-state index in [1.54, 1.807) is 37.4 Å². The van der Waals surface area contributed by atoms with E-state index >= 15 is 0 Å². The average molecular weight is 291 g/mol. The second-order valence-corrected chi connectivity index (χ2v) is 4.74. The van der Waals surface area contributed by atoms with Gasteiger partial charge in [-0.15, -0.1) is 0 Å². The van der Waals surface area contributed by atoms with E-state index in [0.29, 0.717) is 22.1 Å².